The summed E-state index contributed by atoms with van der Waals surface area (Å²) in [6.07, 6.45) is 4.43. The molecule has 11 nitrogen and oxygen atoms in total. The Morgan fingerprint density at radius 2 is 1.77 bits per heavy atom. The molecule has 2 fully saturated rings. The molecule has 0 bridgehead atoms. The van der Waals surface area contributed by atoms with Crippen LogP contribution < -0.4 is 27.0 Å². The molecule has 0 aromatic rings. The Morgan fingerprint density at radius 1 is 1.03 bits per heavy atom. The quantitative estimate of drug-likeness (QED) is 0.195. The number of Topliss-reactive ketones (excluding diaryl/α,β-unsaturated/α-hetero) is 1. The largest absolute Gasteiger partial charge is 0.363 e. The van der Waals surface area contributed by atoms with Gasteiger partial charge in [0.1, 0.15) is 6.04 Å². The fraction of sp³-hybridized carbons (Fsp3) is 0.737. The van der Waals surface area contributed by atoms with E-state index >= 15 is 0 Å². The van der Waals surface area contributed by atoms with E-state index < -0.39 is 35.7 Å². The first-order valence-corrected chi connectivity index (χ1v) is 10.4. The van der Waals surface area contributed by atoms with E-state index in [0.717, 1.165) is 19.3 Å². The molecule has 0 radical (unpaired) electrons. The molecule has 2 atom stereocenters. The Kier molecular flexibility index (Phi) is 9.03. The number of nitrogens with two attached hydrogens (primary N) is 1. The zero-order chi connectivity index (χ0) is 22.1. The van der Waals surface area contributed by atoms with Gasteiger partial charge in [0.25, 0.3) is 5.91 Å². The van der Waals surface area contributed by atoms with Crippen LogP contribution in [0, 0.1) is 5.92 Å². The molecule has 5 amide bonds. The number of hydrogen-bond acceptors (Lipinski definition) is 6. The molecule has 1 aliphatic heterocycles. The van der Waals surface area contributed by atoms with Crippen LogP contribution >= 0.6 is 0 Å². The third kappa shape index (κ3) is 6.68. The second-order valence-electron chi connectivity index (χ2n) is 7.78. The lowest BCUT2D eigenvalue weighted by atomic mass is 9.80. The number of likely N-dealkylation sites (N-methyl/N-ethyl adjacent to an activating group) is 1. The van der Waals surface area contributed by atoms with E-state index in [1.165, 1.54) is 4.90 Å². The van der Waals surface area contributed by atoms with Crippen molar-refractivity contribution in [3.8, 4) is 0 Å². The first-order valence-electron chi connectivity index (χ1n) is 10.4. The van der Waals surface area contributed by atoms with Crippen molar-refractivity contribution in [2.75, 3.05) is 33.2 Å². The minimum Gasteiger partial charge on any atom is -0.363 e. The summed E-state index contributed by atoms with van der Waals surface area (Å²) < 4.78 is 0. The van der Waals surface area contributed by atoms with Crippen LogP contribution in [0.2, 0.25) is 0 Å². The smallest absolute Gasteiger partial charge is 0.315 e. The van der Waals surface area contributed by atoms with Crippen LogP contribution in [0.25, 0.3) is 0 Å². The average Bonchev–Trinajstić information content (AvgIpc) is 3.17. The van der Waals surface area contributed by atoms with Gasteiger partial charge in [0.2, 0.25) is 17.6 Å². The summed E-state index contributed by atoms with van der Waals surface area (Å²) in [7, 11) is 1.76. The molecule has 0 aromatic carbocycles. The van der Waals surface area contributed by atoms with Crippen LogP contribution in [-0.4, -0.2) is 79.7 Å². The van der Waals surface area contributed by atoms with E-state index in [0.29, 0.717) is 38.9 Å². The van der Waals surface area contributed by atoms with Gasteiger partial charge in [-0.2, -0.15) is 0 Å². The maximum absolute atomic E-state index is 12.8. The van der Waals surface area contributed by atoms with Crippen molar-refractivity contribution in [1.82, 2.24) is 26.2 Å². The lowest BCUT2D eigenvalue weighted by Gasteiger charge is -2.30. The molecule has 0 aromatic heterocycles. The van der Waals surface area contributed by atoms with Gasteiger partial charge in [-0.25, -0.2) is 4.79 Å². The van der Waals surface area contributed by atoms with Gasteiger partial charge in [0.15, 0.2) is 0 Å². The van der Waals surface area contributed by atoms with Crippen LogP contribution in [0.1, 0.15) is 38.5 Å². The summed E-state index contributed by atoms with van der Waals surface area (Å²) in [5, 5.41) is 10.6. The number of likely N-dealkylation sites (tertiary alicyclic amines) is 1. The fourth-order valence-electron chi connectivity index (χ4n) is 3.69. The highest BCUT2D eigenvalue weighted by Gasteiger charge is 2.37. The van der Waals surface area contributed by atoms with Gasteiger partial charge in [-0.15, -0.1) is 0 Å². The number of primary amides is 1. The van der Waals surface area contributed by atoms with Crippen LogP contribution in [0.5, 0.6) is 0 Å². The van der Waals surface area contributed by atoms with Crippen molar-refractivity contribution < 1.29 is 24.0 Å². The normalized spacial score (nSPS) is 19.5. The first-order chi connectivity index (χ1) is 14.3. The molecule has 0 spiro atoms. The van der Waals surface area contributed by atoms with Gasteiger partial charge in [0, 0.05) is 19.6 Å². The van der Waals surface area contributed by atoms with Crippen molar-refractivity contribution in [1.29, 1.82) is 0 Å². The Bertz CT molecular complexity index is 666. The first kappa shape index (κ1) is 23.6. The zero-order valence-electron chi connectivity index (χ0n) is 17.4. The summed E-state index contributed by atoms with van der Waals surface area (Å²) >= 11 is 0. The number of nitrogens with zero attached hydrogens (tertiary/aromatic N) is 1. The third-order valence-electron chi connectivity index (χ3n) is 5.61. The summed E-state index contributed by atoms with van der Waals surface area (Å²) in [5.41, 5.74) is 5.13. The van der Waals surface area contributed by atoms with E-state index in [1.54, 1.807) is 7.05 Å². The molecule has 11 heteroatoms. The van der Waals surface area contributed by atoms with E-state index in [2.05, 4.69) is 21.3 Å². The molecule has 2 rings (SSSR count). The molecule has 1 saturated carbocycles. The lowest BCUT2D eigenvalue weighted by molar-refractivity contribution is -0.141. The number of hydrogen-bond donors (Lipinski definition) is 5. The summed E-state index contributed by atoms with van der Waals surface area (Å²) in [4.78, 5) is 61.9. The number of urea groups is 1. The minimum absolute atomic E-state index is 0.235. The fourth-order valence-corrected chi connectivity index (χ4v) is 3.69. The van der Waals surface area contributed by atoms with Crippen LogP contribution in [0.4, 0.5) is 4.79 Å². The van der Waals surface area contributed by atoms with E-state index in [9.17, 15) is 24.0 Å². The van der Waals surface area contributed by atoms with Crippen molar-refractivity contribution in [3.05, 3.63) is 0 Å². The predicted molar refractivity (Wildman–Crippen MR) is 108 cm³/mol. The van der Waals surface area contributed by atoms with Crippen molar-refractivity contribution in [2.24, 2.45) is 11.7 Å². The van der Waals surface area contributed by atoms with Gasteiger partial charge < -0.3 is 31.9 Å². The van der Waals surface area contributed by atoms with Gasteiger partial charge >= 0.3 is 6.03 Å². The SMILES string of the molecule is CNCCNC(=O)NCC(=O)N1CCCC1C(=O)NC(CC1CCC1)C(=O)C(N)=O. The standard InChI is InChI=1S/C19H32N6O5/c1-21-7-8-22-19(30)23-11-15(26)25-9-3-6-14(25)18(29)24-13(16(27)17(20)28)10-12-4-2-5-12/h12-14,21H,2-11H2,1H3,(H2,20,28)(H,24,29)(H2,22,23,30). The number of carbonyl (C=O) groups excluding carboxylic acids is 5. The third-order valence-corrected chi connectivity index (χ3v) is 5.61. The molecule has 1 heterocycles. The molecular formula is C19H32N6O5. The minimum atomic E-state index is -1.08. The molecule has 6 N–H and O–H groups in total. The highest BCUT2D eigenvalue weighted by molar-refractivity contribution is 6.37. The molecular weight excluding hydrogens is 392 g/mol. The van der Waals surface area contributed by atoms with Gasteiger partial charge in [-0.1, -0.05) is 19.3 Å². The maximum Gasteiger partial charge on any atom is 0.315 e. The maximum atomic E-state index is 12.8. The van der Waals surface area contributed by atoms with Crippen LogP contribution in [-0.2, 0) is 19.2 Å². The predicted octanol–water partition coefficient (Wildman–Crippen LogP) is -1.77. The molecule has 2 unspecified atom stereocenters. The highest BCUT2D eigenvalue weighted by Crippen LogP contribution is 2.30. The average molecular weight is 425 g/mol. The molecule has 168 valence electrons. The Labute approximate surface area is 175 Å². The summed E-state index contributed by atoms with van der Waals surface area (Å²) in [6.45, 7) is 1.17. The Morgan fingerprint density at radius 3 is 2.37 bits per heavy atom. The van der Waals surface area contributed by atoms with Crippen molar-refractivity contribution >= 4 is 29.5 Å². The van der Waals surface area contributed by atoms with E-state index in [1.807, 2.05) is 0 Å². The van der Waals surface area contributed by atoms with Gasteiger partial charge in [-0.3, -0.25) is 19.2 Å². The van der Waals surface area contributed by atoms with E-state index in [-0.39, 0.29) is 18.4 Å². The number of amides is 5. The topological polar surface area (TPSA) is 163 Å². The second kappa shape index (κ2) is 11.5. The number of nitrogens with one attached hydrogen (secondary N) is 4. The second-order valence-corrected chi connectivity index (χ2v) is 7.78. The number of ketones is 1. The molecule has 1 saturated heterocycles. The van der Waals surface area contributed by atoms with Gasteiger partial charge in [-0.05, 0) is 32.2 Å². The van der Waals surface area contributed by atoms with Crippen LogP contribution in [0.15, 0.2) is 0 Å². The number of rotatable bonds is 11. The van der Waals surface area contributed by atoms with Gasteiger partial charge in [0.05, 0.1) is 12.6 Å². The van der Waals surface area contributed by atoms with Crippen LogP contribution in [0.3, 0.4) is 0 Å². The number of carbonyl (C=O) groups is 5. The van der Waals surface area contributed by atoms with E-state index in [4.69, 9.17) is 5.73 Å². The lowest BCUT2D eigenvalue weighted by Crippen LogP contribution is -2.54. The Hall–Kier alpha value is -2.69. The summed E-state index contributed by atoms with van der Waals surface area (Å²) in [6, 6.07) is -2.17. The van der Waals surface area contributed by atoms with Crippen molar-refractivity contribution in [2.45, 2.75) is 50.6 Å². The zero-order valence-corrected chi connectivity index (χ0v) is 17.4. The van der Waals surface area contributed by atoms with Crippen molar-refractivity contribution in [3.63, 3.8) is 0 Å². The molecule has 30 heavy (non-hydrogen) atoms. The monoisotopic (exact) mass is 424 g/mol. The molecule has 1 aliphatic carbocycles. The Balaban J connectivity index is 1.89. The summed E-state index contributed by atoms with van der Waals surface area (Å²) in [5.74, 6) is -2.46. The highest BCUT2D eigenvalue weighted by atomic mass is 16.2. The molecule has 2 aliphatic rings.